The second-order valence-electron chi connectivity index (χ2n) is 10.2. The molecule has 1 unspecified atom stereocenters. The van der Waals surface area contributed by atoms with Gasteiger partial charge in [0.05, 0.1) is 18.2 Å². The predicted octanol–water partition coefficient (Wildman–Crippen LogP) is 4.20. The number of hydrogen-bond acceptors (Lipinski definition) is 3. The first kappa shape index (κ1) is 23.8. The average Bonchev–Trinajstić information content (AvgIpc) is 3.12. The Morgan fingerprint density at radius 1 is 1.00 bits per heavy atom. The smallest absolute Gasteiger partial charge is 0.317 e. The first-order chi connectivity index (χ1) is 17.0. The van der Waals surface area contributed by atoms with Gasteiger partial charge in [-0.25, -0.2) is 9.18 Å². The molecule has 0 aromatic heterocycles. The molecule has 2 heterocycles. The fourth-order valence-corrected chi connectivity index (χ4v) is 5.88. The summed E-state index contributed by atoms with van der Waals surface area (Å²) < 4.78 is 14.5. The van der Waals surface area contributed by atoms with Crippen molar-refractivity contribution in [2.75, 3.05) is 13.1 Å². The maximum atomic E-state index is 14.5. The lowest BCUT2D eigenvalue weighted by molar-refractivity contribution is -0.134. The molecule has 2 aliphatic heterocycles. The number of urea groups is 1. The summed E-state index contributed by atoms with van der Waals surface area (Å²) in [4.78, 5) is 30.2. The van der Waals surface area contributed by atoms with E-state index < -0.39 is 5.66 Å². The Kier molecular flexibility index (Phi) is 7.04. The minimum atomic E-state index is -0.583. The molecule has 3 aliphatic rings. The highest BCUT2D eigenvalue weighted by molar-refractivity contribution is 5.85. The number of hydrogen-bond donors (Lipinski definition) is 2. The fraction of sp³-hybridized carbons (Fsp3) is 0.500. The van der Waals surface area contributed by atoms with E-state index in [1.807, 2.05) is 40.1 Å². The van der Waals surface area contributed by atoms with Crippen molar-refractivity contribution >= 4 is 11.9 Å². The lowest BCUT2D eigenvalue weighted by atomic mass is 9.94. The molecule has 7 heteroatoms. The number of rotatable bonds is 5. The average molecular weight is 479 g/mol. The van der Waals surface area contributed by atoms with Crippen LogP contribution in [0.4, 0.5) is 9.18 Å². The molecule has 2 saturated heterocycles. The van der Waals surface area contributed by atoms with E-state index in [-0.39, 0.29) is 36.4 Å². The van der Waals surface area contributed by atoms with Crippen LogP contribution in [0.2, 0.25) is 0 Å². The Morgan fingerprint density at radius 3 is 2.40 bits per heavy atom. The Bertz CT molecular complexity index is 1030. The Hall–Kier alpha value is -2.93. The van der Waals surface area contributed by atoms with Gasteiger partial charge in [0.2, 0.25) is 5.91 Å². The van der Waals surface area contributed by atoms with E-state index in [4.69, 9.17) is 0 Å². The molecule has 1 atom stereocenters. The van der Waals surface area contributed by atoms with Crippen LogP contribution in [0, 0.1) is 5.82 Å². The van der Waals surface area contributed by atoms with Crippen LogP contribution in [-0.2, 0) is 17.8 Å². The molecular formula is C28H35FN4O2. The van der Waals surface area contributed by atoms with Gasteiger partial charge < -0.3 is 15.1 Å². The molecule has 2 aromatic carbocycles. The van der Waals surface area contributed by atoms with Crippen molar-refractivity contribution in [1.29, 1.82) is 0 Å². The summed E-state index contributed by atoms with van der Waals surface area (Å²) in [6.45, 7) is 1.34. The zero-order valence-corrected chi connectivity index (χ0v) is 20.2. The highest BCUT2D eigenvalue weighted by Crippen LogP contribution is 2.35. The van der Waals surface area contributed by atoms with E-state index >= 15 is 0 Å². The van der Waals surface area contributed by atoms with E-state index in [0.29, 0.717) is 37.9 Å². The third-order valence-corrected chi connectivity index (χ3v) is 7.90. The third kappa shape index (κ3) is 5.20. The number of halogens is 1. The largest absolute Gasteiger partial charge is 0.335 e. The van der Waals surface area contributed by atoms with Gasteiger partial charge in [-0.1, -0.05) is 67.8 Å². The monoisotopic (exact) mass is 478 g/mol. The van der Waals surface area contributed by atoms with Gasteiger partial charge in [0.15, 0.2) is 0 Å². The SMILES string of the molecule is O=C(NC1CCCCC1)N1CCC2(CC1)NC(Cc1ccccc1)C(=O)N2Cc1ccccc1F. The van der Waals surface area contributed by atoms with Crippen LogP contribution in [0.15, 0.2) is 54.6 Å². The van der Waals surface area contributed by atoms with Crippen LogP contribution in [0.5, 0.6) is 0 Å². The van der Waals surface area contributed by atoms with Crippen LogP contribution < -0.4 is 10.6 Å². The van der Waals surface area contributed by atoms with E-state index in [1.165, 1.54) is 25.3 Å². The molecular weight excluding hydrogens is 443 g/mol. The minimum Gasteiger partial charge on any atom is -0.335 e. The standard InChI is InChI=1S/C28H35FN4O2/c29-24-14-8-7-11-22(24)20-33-26(34)25(19-21-9-3-1-4-10-21)31-28(33)15-17-32(18-16-28)27(35)30-23-12-5-2-6-13-23/h1,3-4,7-11,14,23,25,31H,2,5-6,12-13,15-20H2,(H,30,35). The van der Waals surface area contributed by atoms with Gasteiger partial charge in [-0.05, 0) is 30.9 Å². The van der Waals surface area contributed by atoms with E-state index in [9.17, 15) is 14.0 Å². The van der Waals surface area contributed by atoms with Crippen molar-refractivity contribution in [3.05, 3.63) is 71.5 Å². The van der Waals surface area contributed by atoms with Crippen LogP contribution in [0.1, 0.15) is 56.1 Å². The lowest BCUT2D eigenvalue weighted by Crippen LogP contribution is -2.60. The normalized spacial score (nSPS) is 22.5. The number of likely N-dealkylation sites (tertiary alicyclic amines) is 1. The maximum absolute atomic E-state index is 14.5. The molecule has 1 saturated carbocycles. The first-order valence-electron chi connectivity index (χ1n) is 13.0. The van der Waals surface area contributed by atoms with Crippen LogP contribution in [0.25, 0.3) is 0 Å². The Balaban J connectivity index is 1.31. The molecule has 5 rings (SSSR count). The molecule has 186 valence electrons. The van der Waals surface area contributed by atoms with Gasteiger partial charge in [-0.15, -0.1) is 0 Å². The zero-order chi connectivity index (χ0) is 24.3. The molecule has 2 aromatic rings. The van der Waals surface area contributed by atoms with Crippen LogP contribution in [0.3, 0.4) is 0 Å². The van der Waals surface area contributed by atoms with Crippen LogP contribution >= 0.6 is 0 Å². The van der Waals surface area contributed by atoms with Crippen molar-refractivity contribution in [2.24, 2.45) is 0 Å². The summed E-state index contributed by atoms with van der Waals surface area (Å²) in [5.74, 6) is -0.302. The quantitative estimate of drug-likeness (QED) is 0.677. The van der Waals surface area contributed by atoms with Crippen LogP contribution in [-0.4, -0.2) is 52.6 Å². The van der Waals surface area contributed by atoms with Gasteiger partial charge in [0.1, 0.15) is 5.82 Å². The van der Waals surface area contributed by atoms with Crippen molar-refractivity contribution in [3.8, 4) is 0 Å². The Morgan fingerprint density at radius 2 is 1.69 bits per heavy atom. The summed E-state index contributed by atoms with van der Waals surface area (Å²) in [5, 5.41) is 6.84. The van der Waals surface area contributed by atoms with Gasteiger partial charge in [0.25, 0.3) is 0 Å². The maximum Gasteiger partial charge on any atom is 0.317 e. The van der Waals surface area contributed by atoms with Gasteiger partial charge >= 0.3 is 6.03 Å². The zero-order valence-electron chi connectivity index (χ0n) is 20.2. The minimum absolute atomic E-state index is 0.00226. The molecule has 0 bridgehead atoms. The molecule has 6 nitrogen and oxygen atoms in total. The second-order valence-corrected chi connectivity index (χ2v) is 10.2. The van der Waals surface area contributed by atoms with E-state index in [1.54, 1.807) is 18.2 Å². The number of nitrogens with one attached hydrogen (secondary N) is 2. The Labute approximate surface area is 206 Å². The summed E-state index contributed by atoms with van der Waals surface area (Å²) in [6.07, 6.45) is 7.53. The summed E-state index contributed by atoms with van der Waals surface area (Å²) in [6, 6.07) is 16.5. The molecule has 3 fully saturated rings. The predicted molar refractivity (Wildman–Crippen MR) is 133 cm³/mol. The summed E-state index contributed by atoms with van der Waals surface area (Å²) in [7, 11) is 0. The number of carbonyl (C=O) groups excluding carboxylic acids is 2. The topological polar surface area (TPSA) is 64.7 Å². The summed E-state index contributed by atoms with van der Waals surface area (Å²) in [5.41, 5.74) is 1.02. The van der Waals surface area contributed by atoms with E-state index in [2.05, 4.69) is 10.6 Å². The van der Waals surface area contributed by atoms with Gasteiger partial charge in [0, 0.05) is 37.5 Å². The molecule has 2 N–H and O–H groups in total. The van der Waals surface area contributed by atoms with Crippen molar-refractivity contribution < 1.29 is 14.0 Å². The third-order valence-electron chi connectivity index (χ3n) is 7.90. The molecule has 0 radical (unpaired) electrons. The van der Waals surface area contributed by atoms with Gasteiger partial charge in [-0.2, -0.15) is 0 Å². The van der Waals surface area contributed by atoms with Crippen molar-refractivity contribution in [2.45, 2.75) is 75.7 Å². The number of benzene rings is 2. The molecule has 3 amide bonds. The lowest BCUT2D eigenvalue weighted by Gasteiger charge is -2.45. The number of piperidine rings is 1. The highest BCUT2D eigenvalue weighted by atomic mass is 19.1. The summed E-state index contributed by atoms with van der Waals surface area (Å²) >= 11 is 0. The van der Waals surface area contributed by atoms with Crippen molar-refractivity contribution in [3.63, 3.8) is 0 Å². The van der Waals surface area contributed by atoms with Gasteiger partial charge in [-0.3, -0.25) is 10.1 Å². The number of carbonyl (C=O) groups is 2. The fourth-order valence-electron chi connectivity index (χ4n) is 5.88. The van der Waals surface area contributed by atoms with E-state index in [0.717, 1.165) is 18.4 Å². The molecule has 35 heavy (non-hydrogen) atoms. The van der Waals surface area contributed by atoms with Crippen molar-refractivity contribution in [1.82, 2.24) is 20.4 Å². The first-order valence-corrected chi connectivity index (χ1v) is 13.0. The molecule has 1 spiro atoms. The number of amides is 3. The highest BCUT2D eigenvalue weighted by Gasteiger charge is 2.51. The number of nitrogens with zero attached hydrogens (tertiary/aromatic N) is 2. The molecule has 1 aliphatic carbocycles. The second kappa shape index (κ2) is 10.4.